The molecule has 2 atom stereocenters. The molecule has 6 nitrogen and oxygen atoms in total. The molecule has 7 heteroatoms. The molecule has 1 amide bonds. The van der Waals surface area contributed by atoms with Gasteiger partial charge in [0.25, 0.3) is 0 Å². The maximum atomic E-state index is 13.2. The standard InChI is InChI=1S/C19H22N2O4S/c1-13-19(22)20-9-3-4-16(20)12-21(13)26(23,24)18-8-6-14-10-17(25-2)7-5-15(14)11-18/h5-8,10-11,13,16H,3-4,9,12H2,1-2H3/t13-,16+/m0/s1. The third kappa shape index (κ3) is 2.66. The highest BCUT2D eigenvalue weighted by Crippen LogP contribution is 2.31. The molecule has 4 rings (SSSR count). The SMILES string of the molecule is COc1ccc2cc(S(=O)(=O)N3C[C@H]4CCCN4C(=O)[C@@H]3C)ccc2c1. The minimum absolute atomic E-state index is 0.00167. The summed E-state index contributed by atoms with van der Waals surface area (Å²) >= 11 is 0. The molecule has 0 aromatic heterocycles. The van der Waals surface area contributed by atoms with Crippen molar-refractivity contribution in [3.8, 4) is 5.75 Å². The van der Waals surface area contributed by atoms with Crippen molar-refractivity contribution in [1.82, 2.24) is 9.21 Å². The van der Waals surface area contributed by atoms with E-state index in [0.29, 0.717) is 6.54 Å². The highest BCUT2D eigenvalue weighted by Gasteiger charge is 2.45. The minimum Gasteiger partial charge on any atom is -0.497 e. The van der Waals surface area contributed by atoms with Gasteiger partial charge in [0.15, 0.2) is 0 Å². The van der Waals surface area contributed by atoms with E-state index in [4.69, 9.17) is 4.74 Å². The van der Waals surface area contributed by atoms with Gasteiger partial charge in [0.05, 0.1) is 12.0 Å². The molecule has 2 fully saturated rings. The van der Waals surface area contributed by atoms with Crippen LogP contribution in [0.15, 0.2) is 41.3 Å². The third-order valence-corrected chi connectivity index (χ3v) is 7.40. The molecule has 2 aliphatic rings. The fraction of sp³-hybridized carbons (Fsp3) is 0.421. The number of carbonyl (C=O) groups is 1. The summed E-state index contributed by atoms with van der Waals surface area (Å²) in [7, 11) is -2.14. The summed E-state index contributed by atoms with van der Waals surface area (Å²) in [6.07, 6.45) is 1.80. The lowest BCUT2D eigenvalue weighted by molar-refractivity contribution is -0.139. The molecule has 0 bridgehead atoms. The predicted octanol–water partition coefficient (Wildman–Crippen LogP) is 2.23. The molecule has 0 spiro atoms. The van der Waals surface area contributed by atoms with Crippen LogP contribution in [0.25, 0.3) is 10.8 Å². The Morgan fingerprint density at radius 1 is 1.12 bits per heavy atom. The molecule has 26 heavy (non-hydrogen) atoms. The zero-order valence-corrected chi connectivity index (χ0v) is 15.7. The van der Waals surface area contributed by atoms with Gasteiger partial charge >= 0.3 is 0 Å². The Balaban J connectivity index is 1.71. The molecule has 0 saturated carbocycles. The lowest BCUT2D eigenvalue weighted by Gasteiger charge is -2.40. The predicted molar refractivity (Wildman–Crippen MR) is 98.6 cm³/mol. The Labute approximate surface area is 153 Å². The van der Waals surface area contributed by atoms with Crippen molar-refractivity contribution in [3.05, 3.63) is 36.4 Å². The van der Waals surface area contributed by atoms with Gasteiger partial charge in [0, 0.05) is 19.1 Å². The Morgan fingerprint density at radius 3 is 2.62 bits per heavy atom. The number of fused-ring (bicyclic) bond motifs is 2. The van der Waals surface area contributed by atoms with Crippen LogP contribution in [-0.4, -0.2) is 55.8 Å². The molecule has 2 aromatic rings. The van der Waals surface area contributed by atoms with E-state index in [1.807, 2.05) is 23.1 Å². The highest BCUT2D eigenvalue weighted by molar-refractivity contribution is 7.89. The van der Waals surface area contributed by atoms with Crippen molar-refractivity contribution in [2.24, 2.45) is 0 Å². The number of hydrogen-bond donors (Lipinski definition) is 0. The lowest BCUT2D eigenvalue weighted by atomic mass is 10.1. The third-order valence-electron chi connectivity index (χ3n) is 5.47. The van der Waals surface area contributed by atoms with Crippen molar-refractivity contribution in [2.45, 2.75) is 36.7 Å². The van der Waals surface area contributed by atoms with Crippen LogP contribution in [0.5, 0.6) is 5.75 Å². The maximum Gasteiger partial charge on any atom is 0.243 e. The van der Waals surface area contributed by atoms with Crippen LogP contribution in [0.1, 0.15) is 19.8 Å². The number of piperazine rings is 1. The summed E-state index contributed by atoms with van der Waals surface area (Å²) < 4.78 is 33.0. The van der Waals surface area contributed by atoms with Crippen LogP contribution in [0, 0.1) is 0 Å². The molecular weight excluding hydrogens is 352 g/mol. The number of ether oxygens (including phenoxy) is 1. The molecule has 0 radical (unpaired) electrons. The highest BCUT2D eigenvalue weighted by atomic mass is 32.2. The van der Waals surface area contributed by atoms with Crippen molar-refractivity contribution < 1.29 is 17.9 Å². The van der Waals surface area contributed by atoms with Gasteiger partial charge in [-0.25, -0.2) is 8.42 Å². The normalized spacial score (nSPS) is 24.1. The van der Waals surface area contributed by atoms with Crippen molar-refractivity contribution in [3.63, 3.8) is 0 Å². The van der Waals surface area contributed by atoms with Crippen LogP contribution < -0.4 is 4.74 Å². The quantitative estimate of drug-likeness (QED) is 0.826. The molecule has 2 saturated heterocycles. The first kappa shape index (κ1) is 17.3. The molecule has 2 heterocycles. The number of methoxy groups -OCH3 is 1. The Morgan fingerprint density at radius 2 is 1.85 bits per heavy atom. The van der Waals surface area contributed by atoms with Crippen molar-refractivity contribution in [2.75, 3.05) is 20.2 Å². The zero-order valence-electron chi connectivity index (χ0n) is 14.9. The van der Waals surface area contributed by atoms with Gasteiger partial charge in [0.1, 0.15) is 11.8 Å². The Hall–Kier alpha value is -2.12. The Bertz CT molecular complexity index is 973. The van der Waals surface area contributed by atoms with Crippen LogP contribution >= 0.6 is 0 Å². The van der Waals surface area contributed by atoms with Gasteiger partial charge in [0.2, 0.25) is 15.9 Å². The van der Waals surface area contributed by atoms with Gasteiger partial charge in [-0.05, 0) is 54.8 Å². The molecule has 0 unspecified atom stereocenters. The molecule has 2 aliphatic heterocycles. The summed E-state index contributed by atoms with van der Waals surface area (Å²) in [6.45, 7) is 2.79. The first-order chi connectivity index (χ1) is 12.4. The van der Waals surface area contributed by atoms with Gasteiger partial charge in [-0.1, -0.05) is 12.1 Å². The smallest absolute Gasteiger partial charge is 0.243 e. The second-order valence-electron chi connectivity index (χ2n) is 6.95. The summed E-state index contributed by atoms with van der Waals surface area (Å²) in [4.78, 5) is 14.6. The summed E-state index contributed by atoms with van der Waals surface area (Å²) in [5, 5.41) is 1.73. The van der Waals surface area contributed by atoms with Crippen molar-refractivity contribution >= 4 is 26.7 Å². The lowest BCUT2D eigenvalue weighted by Crippen LogP contribution is -2.59. The maximum absolute atomic E-state index is 13.2. The largest absolute Gasteiger partial charge is 0.497 e. The number of sulfonamides is 1. The number of hydrogen-bond acceptors (Lipinski definition) is 4. The summed E-state index contributed by atoms with van der Waals surface area (Å²) in [5.74, 6) is 0.637. The molecule has 138 valence electrons. The molecule has 0 aliphatic carbocycles. The zero-order chi connectivity index (χ0) is 18.5. The van der Waals surface area contributed by atoms with E-state index >= 15 is 0 Å². The van der Waals surface area contributed by atoms with E-state index in [0.717, 1.165) is 35.9 Å². The van der Waals surface area contributed by atoms with E-state index in [-0.39, 0.29) is 16.8 Å². The summed E-state index contributed by atoms with van der Waals surface area (Å²) in [6, 6.07) is 9.91. The van der Waals surface area contributed by atoms with Gasteiger partial charge in [-0.2, -0.15) is 4.31 Å². The molecular formula is C19H22N2O4S. The van der Waals surface area contributed by atoms with E-state index in [9.17, 15) is 13.2 Å². The van der Waals surface area contributed by atoms with E-state index < -0.39 is 16.1 Å². The minimum atomic E-state index is -3.74. The number of carbonyl (C=O) groups excluding carboxylic acids is 1. The Kier molecular flexibility index (Phi) is 4.16. The van der Waals surface area contributed by atoms with Crippen LogP contribution in [0.2, 0.25) is 0 Å². The van der Waals surface area contributed by atoms with E-state index in [1.165, 1.54) is 4.31 Å². The van der Waals surface area contributed by atoms with E-state index in [2.05, 4.69) is 0 Å². The second-order valence-corrected chi connectivity index (χ2v) is 8.84. The second kappa shape index (κ2) is 6.25. The first-order valence-electron chi connectivity index (χ1n) is 8.82. The van der Waals surface area contributed by atoms with Gasteiger partial charge in [-0.3, -0.25) is 4.79 Å². The average molecular weight is 374 g/mol. The molecule has 2 aromatic carbocycles. The number of nitrogens with zero attached hydrogens (tertiary/aromatic N) is 2. The number of rotatable bonds is 3. The van der Waals surface area contributed by atoms with Gasteiger partial charge < -0.3 is 9.64 Å². The fourth-order valence-corrected chi connectivity index (χ4v) is 5.64. The fourth-order valence-electron chi connectivity index (χ4n) is 3.98. The van der Waals surface area contributed by atoms with E-state index in [1.54, 1.807) is 32.2 Å². The van der Waals surface area contributed by atoms with Crippen molar-refractivity contribution in [1.29, 1.82) is 0 Å². The van der Waals surface area contributed by atoms with Crippen LogP contribution in [-0.2, 0) is 14.8 Å². The first-order valence-corrected chi connectivity index (χ1v) is 10.3. The average Bonchev–Trinajstić information content (AvgIpc) is 3.12. The topological polar surface area (TPSA) is 66.9 Å². The monoisotopic (exact) mass is 374 g/mol. The number of benzene rings is 2. The molecule has 0 N–H and O–H groups in total. The van der Waals surface area contributed by atoms with Crippen LogP contribution in [0.3, 0.4) is 0 Å². The summed E-state index contributed by atoms with van der Waals surface area (Å²) in [5.41, 5.74) is 0. The van der Waals surface area contributed by atoms with Gasteiger partial charge in [-0.15, -0.1) is 0 Å². The number of amides is 1. The van der Waals surface area contributed by atoms with Crippen LogP contribution in [0.4, 0.5) is 0 Å².